The van der Waals surface area contributed by atoms with Gasteiger partial charge in [0, 0.05) is 26.1 Å². The molecule has 1 aliphatic rings. The molecule has 0 aliphatic carbocycles. The van der Waals surface area contributed by atoms with E-state index in [0.717, 1.165) is 18.7 Å². The van der Waals surface area contributed by atoms with E-state index in [4.69, 9.17) is 14.2 Å². The number of aliphatic imine (C=N–C) groups is 1. The number of ether oxygens (including phenoxy) is 3. The van der Waals surface area contributed by atoms with Crippen LogP contribution in [0.5, 0.6) is 5.75 Å². The fourth-order valence-corrected chi connectivity index (χ4v) is 1.93. The molecule has 1 heterocycles. The zero-order valence-corrected chi connectivity index (χ0v) is 13.2. The Bertz CT molecular complexity index is 621. The summed E-state index contributed by atoms with van der Waals surface area (Å²) in [6.45, 7) is 5.29. The van der Waals surface area contributed by atoms with E-state index in [1.165, 1.54) is 26.0 Å². The molecule has 0 saturated carbocycles. The maximum absolute atomic E-state index is 13.4. The van der Waals surface area contributed by atoms with Crippen LogP contribution in [0.15, 0.2) is 23.2 Å². The predicted octanol–water partition coefficient (Wildman–Crippen LogP) is 2.77. The number of benzene rings is 1. The third-order valence-electron chi connectivity index (χ3n) is 2.95. The van der Waals surface area contributed by atoms with Gasteiger partial charge in [-0.15, -0.1) is 0 Å². The van der Waals surface area contributed by atoms with Crippen LogP contribution in [0, 0.1) is 11.7 Å². The summed E-state index contributed by atoms with van der Waals surface area (Å²) in [5, 5.41) is 0. The van der Waals surface area contributed by atoms with Gasteiger partial charge < -0.3 is 14.2 Å². The second-order valence-electron chi connectivity index (χ2n) is 5.46. The number of hydrogen-bond donors (Lipinski definition) is 0. The monoisotopic (exact) mass is 323 g/mol. The summed E-state index contributed by atoms with van der Waals surface area (Å²) in [7, 11) is 0. The Hall–Kier alpha value is -2.44. The summed E-state index contributed by atoms with van der Waals surface area (Å²) < 4.78 is 28.8. The maximum atomic E-state index is 13.4. The van der Waals surface area contributed by atoms with Crippen molar-refractivity contribution in [1.82, 2.24) is 0 Å². The van der Waals surface area contributed by atoms with E-state index in [9.17, 15) is 14.0 Å². The van der Waals surface area contributed by atoms with Gasteiger partial charge in [-0.3, -0.25) is 14.6 Å². The Morgan fingerprint density at radius 3 is 2.57 bits per heavy atom. The second-order valence-corrected chi connectivity index (χ2v) is 5.46. The number of nitrogens with zero attached hydrogens (tertiary/aromatic N) is 1. The zero-order chi connectivity index (χ0) is 17.0. The number of cyclic esters (lactones) is 2. The smallest absolute Gasteiger partial charge is 0.329 e. The van der Waals surface area contributed by atoms with Crippen molar-refractivity contribution in [1.29, 1.82) is 0 Å². The summed E-state index contributed by atoms with van der Waals surface area (Å²) in [5.41, 5.74) is 0.184. The highest BCUT2D eigenvalue weighted by Crippen LogP contribution is 2.29. The molecule has 0 aromatic heterocycles. The lowest BCUT2D eigenvalue weighted by atomic mass is 10.1. The summed E-state index contributed by atoms with van der Waals surface area (Å²) in [6, 6.07) is 3.85. The van der Waals surface area contributed by atoms with E-state index in [0.29, 0.717) is 12.4 Å². The lowest BCUT2D eigenvalue weighted by molar-refractivity contribution is -0.235. The Morgan fingerprint density at radius 2 is 1.96 bits per heavy atom. The standard InChI is InChI=1S/C16H18FNO5/c1-4-7-21-13-6-5-10(17)8-12(13)18-9-11-14(19)22-16(2,3)23-15(11)20/h5-6,8-9,11H,4,7H2,1-3H3. The minimum atomic E-state index is -1.30. The summed E-state index contributed by atoms with van der Waals surface area (Å²) >= 11 is 0. The van der Waals surface area contributed by atoms with Crippen LogP contribution in [0.3, 0.4) is 0 Å². The average Bonchev–Trinajstić information content (AvgIpc) is 2.44. The van der Waals surface area contributed by atoms with Gasteiger partial charge in [0.1, 0.15) is 17.3 Å². The van der Waals surface area contributed by atoms with Gasteiger partial charge in [-0.1, -0.05) is 6.92 Å². The summed E-state index contributed by atoms with van der Waals surface area (Å²) in [6.07, 6.45) is 1.85. The number of hydrogen-bond acceptors (Lipinski definition) is 6. The minimum absolute atomic E-state index is 0.184. The van der Waals surface area contributed by atoms with Gasteiger partial charge in [-0.2, -0.15) is 0 Å². The molecule has 1 aromatic carbocycles. The Balaban J connectivity index is 2.21. The Kier molecular flexibility index (Phi) is 4.98. The molecule has 1 saturated heterocycles. The number of halogens is 1. The third-order valence-corrected chi connectivity index (χ3v) is 2.95. The summed E-state index contributed by atoms with van der Waals surface area (Å²) in [5.74, 6) is -4.25. The van der Waals surface area contributed by atoms with E-state index < -0.39 is 29.5 Å². The van der Waals surface area contributed by atoms with Crippen LogP contribution < -0.4 is 4.74 Å². The molecule has 0 bridgehead atoms. The van der Waals surface area contributed by atoms with Crippen LogP contribution in [0.25, 0.3) is 0 Å². The van der Waals surface area contributed by atoms with Crippen molar-refractivity contribution < 1.29 is 28.2 Å². The molecule has 0 unspecified atom stereocenters. The van der Waals surface area contributed by atoms with Crippen molar-refractivity contribution in [3.05, 3.63) is 24.0 Å². The highest BCUT2D eigenvalue weighted by molar-refractivity contribution is 6.10. The Labute approximate surface area is 133 Å². The SMILES string of the molecule is CCCOc1ccc(F)cc1N=CC1C(=O)OC(C)(C)OC1=O. The number of carbonyl (C=O) groups is 2. The van der Waals surface area contributed by atoms with Crippen LogP contribution in [0.1, 0.15) is 27.2 Å². The van der Waals surface area contributed by atoms with Gasteiger partial charge in [-0.25, -0.2) is 4.39 Å². The molecule has 0 N–H and O–H groups in total. The van der Waals surface area contributed by atoms with Gasteiger partial charge in [-0.05, 0) is 18.6 Å². The van der Waals surface area contributed by atoms with E-state index in [2.05, 4.69) is 4.99 Å². The lowest BCUT2D eigenvalue weighted by Gasteiger charge is -2.31. The van der Waals surface area contributed by atoms with E-state index in [1.807, 2.05) is 6.92 Å². The highest BCUT2D eigenvalue weighted by atomic mass is 19.1. The molecule has 0 amide bonds. The number of rotatable bonds is 5. The van der Waals surface area contributed by atoms with Crippen LogP contribution in [-0.2, 0) is 19.1 Å². The van der Waals surface area contributed by atoms with Crippen molar-refractivity contribution in [3.63, 3.8) is 0 Å². The number of esters is 2. The van der Waals surface area contributed by atoms with Crippen molar-refractivity contribution >= 4 is 23.8 Å². The minimum Gasteiger partial charge on any atom is -0.491 e. The Morgan fingerprint density at radius 1 is 1.30 bits per heavy atom. The molecule has 124 valence electrons. The first-order valence-corrected chi connectivity index (χ1v) is 7.24. The van der Waals surface area contributed by atoms with Gasteiger partial charge in [0.15, 0.2) is 5.92 Å². The molecule has 1 fully saturated rings. The fourth-order valence-electron chi connectivity index (χ4n) is 1.93. The van der Waals surface area contributed by atoms with Gasteiger partial charge in [0.05, 0.1) is 6.61 Å². The molecular weight excluding hydrogens is 305 g/mol. The largest absolute Gasteiger partial charge is 0.491 e. The van der Waals surface area contributed by atoms with Crippen LogP contribution in [0.4, 0.5) is 10.1 Å². The zero-order valence-electron chi connectivity index (χ0n) is 13.2. The van der Waals surface area contributed by atoms with Crippen molar-refractivity contribution in [3.8, 4) is 5.75 Å². The summed E-state index contributed by atoms with van der Waals surface area (Å²) in [4.78, 5) is 27.7. The van der Waals surface area contributed by atoms with Crippen molar-refractivity contribution in [2.45, 2.75) is 33.0 Å². The molecule has 7 heteroatoms. The maximum Gasteiger partial charge on any atom is 0.329 e. The third kappa shape index (κ3) is 4.28. The first-order chi connectivity index (χ1) is 10.8. The van der Waals surface area contributed by atoms with Gasteiger partial charge in [0.2, 0.25) is 0 Å². The molecule has 1 aliphatic heterocycles. The molecule has 6 nitrogen and oxygen atoms in total. The van der Waals surface area contributed by atoms with Crippen LogP contribution in [-0.4, -0.2) is 30.5 Å². The van der Waals surface area contributed by atoms with E-state index in [-0.39, 0.29) is 5.69 Å². The molecule has 23 heavy (non-hydrogen) atoms. The topological polar surface area (TPSA) is 74.2 Å². The average molecular weight is 323 g/mol. The van der Waals surface area contributed by atoms with Gasteiger partial charge in [0.25, 0.3) is 5.79 Å². The van der Waals surface area contributed by atoms with Crippen molar-refractivity contribution in [2.75, 3.05) is 6.61 Å². The first kappa shape index (κ1) is 16.9. The van der Waals surface area contributed by atoms with Crippen molar-refractivity contribution in [2.24, 2.45) is 10.9 Å². The second kappa shape index (κ2) is 6.76. The normalized spacial score (nSPS) is 17.9. The molecule has 1 aromatic rings. The molecule has 2 rings (SSSR count). The van der Waals surface area contributed by atoms with E-state index in [1.54, 1.807) is 0 Å². The molecular formula is C16H18FNO5. The number of carbonyl (C=O) groups excluding carboxylic acids is 2. The lowest BCUT2D eigenvalue weighted by Crippen LogP contribution is -2.46. The molecule has 0 radical (unpaired) electrons. The predicted molar refractivity (Wildman–Crippen MR) is 80.1 cm³/mol. The van der Waals surface area contributed by atoms with Gasteiger partial charge >= 0.3 is 11.9 Å². The fraction of sp³-hybridized carbons (Fsp3) is 0.438. The molecule has 0 spiro atoms. The highest BCUT2D eigenvalue weighted by Gasteiger charge is 2.42. The quantitative estimate of drug-likeness (QED) is 0.473. The molecule has 0 atom stereocenters. The van der Waals surface area contributed by atoms with Crippen LogP contribution >= 0.6 is 0 Å². The van der Waals surface area contributed by atoms with Crippen LogP contribution in [0.2, 0.25) is 0 Å². The first-order valence-electron chi connectivity index (χ1n) is 7.24. The van der Waals surface area contributed by atoms with E-state index >= 15 is 0 Å².